The molecule has 132 valence electrons. The van der Waals surface area contributed by atoms with Crippen molar-refractivity contribution in [3.63, 3.8) is 0 Å². The van der Waals surface area contributed by atoms with Gasteiger partial charge in [0.2, 0.25) is 0 Å². The molecule has 1 amide bonds. The van der Waals surface area contributed by atoms with Crippen molar-refractivity contribution in [3.8, 4) is 0 Å². The Balaban J connectivity index is 1.99. The van der Waals surface area contributed by atoms with E-state index in [-0.39, 0.29) is 10.9 Å². The van der Waals surface area contributed by atoms with Crippen LogP contribution in [0.5, 0.6) is 0 Å². The molecule has 26 heavy (non-hydrogen) atoms. The van der Waals surface area contributed by atoms with Gasteiger partial charge in [0.25, 0.3) is 5.91 Å². The molecule has 0 atom stereocenters. The Bertz CT molecular complexity index is 922. The molecule has 0 fully saturated rings. The first-order valence-electron chi connectivity index (χ1n) is 7.90. The summed E-state index contributed by atoms with van der Waals surface area (Å²) in [7, 11) is 0. The number of halogens is 2. The normalized spacial score (nSPS) is 15.5. The molecule has 0 bridgehead atoms. The minimum Gasteiger partial charge on any atom is -0.266 e. The van der Waals surface area contributed by atoms with Gasteiger partial charge in [0.15, 0.2) is 5.17 Å². The number of thioether (sulfide) groups is 1. The molecule has 0 aliphatic carbocycles. The largest absolute Gasteiger partial charge is 0.283 e. The quantitative estimate of drug-likeness (QED) is 0.517. The molecule has 2 aromatic carbocycles. The molecule has 6 heteroatoms. The van der Waals surface area contributed by atoms with Crippen molar-refractivity contribution in [2.24, 2.45) is 4.99 Å². The molecule has 1 heterocycles. The number of amides is 1. The Labute approximate surface area is 160 Å². The van der Waals surface area contributed by atoms with Crippen molar-refractivity contribution < 1.29 is 9.18 Å². The molecule has 0 aromatic heterocycles. The number of aliphatic imine (C=N–C) groups is 1. The Morgan fingerprint density at radius 2 is 2.00 bits per heavy atom. The second-order valence-corrected chi connectivity index (χ2v) is 7.07. The molecule has 0 spiro atoms. The summed E-state index contributed by atoms with van der Waals surface area (Å²) < 4.78 is 13.5. The van der Waals surface area contributed by atoms with Crippen molar-refractivity contribution in [2.45, 2.75) is 6.92 Å². The summed E-state index contributed by atoms with van der Waals surface area (Å²) in [6.45, 7) is 5.69. The maximum Gasteiger partial charge on any atom is 0.283 e. The summed E-state index contributed by atoms with van der Waals surface area (Å²) in [6.07, 6.45) is 3.47. The molecule has 3 nitrogen and oxygen atoms in total. The highest BCUT2D eigenvalue weighted by molar-refractivity contribution is 8.14. The lowest BCUT2D eigenvalue weighted by molar-refractivity contribution is -0.113. The Morgan fingerprint density at radius 1 is 1.27 bits per heavy atom. The number of carbonyl (C=O) groups excluding carboxylic acids is 1. The Morgan fingerprint density at radius 3 is 2.65 bits per heavy atom. The van der Waals surface area contributed by atoms with Gasteiger partial charge in [-0.15, -0.1) is 6.58 Å². The van der Waals surface area contributed by atoms with E-state index in [4.69, 9.17) is 11.6 Å². The van der Waals surface area contributed by atoms with Crippen LogP contribution in [0.15, 0.2) is 65.8 Å². The van der Waals surface area contributed by atoms with E-state index in [2.05, 4.69) is 11.6 Å². The van der Waals surface area contributed by atoms with Crippen LogP contribution in [0, 0.1) is 12.7 Å². The van der Waals surface area contributed by atoms with Gasteiger partial charge in [0, 0.05) is 5.75 Å². The summed E-state index contributed by atoms with van der Waals surface area (Å²) in [5.74, 6) is -0.218. The van der Waals surface area contributed by atoms with E-state index in [0.29, 0.717) is 22.3 Å². The van der Waals surface area contributed by atoms with Gasteiger partial charge >= 0.3 is 0 Å². The number of rotatable bonds is 4. The monoisotopic (exact) mass is 386 g/mol. The highest BCUT2D eigenvalue weighted by Gasteiger charge is 2.32. The number of carbonyl (C=O) groups is 1. The van der Waals surface area contributed by atoms with Gasteiger partial charge in [-0.1, -0.05) is 59.3 Å². The average Bonchev–Trinajstić information content (AvgIpc) is 2.93. The van der Waals surface area contributed by atoms with E-state index in [1.165, 1.54) is 34.9 Å². The Hall–Kier alpha value is -2.37. The van der Waals surface area contributed by atoms with Gasteiger partial charge < -0.3 is 0 Å². The van der Waals surface area contributed by atoms with Crippen LogP contribution < -0.4 is 4.90 Å². The molecule has 1 aliphatic heterocycles. The van der Waals surface area contributed by atoms with Crippen molar-refractivity contribution in [2.75, 3.05) is 10.7 Å². The highest BCUT2D eigenvalue weighted by atomic mass is 35.5. The van der Waals surface area contributed by atoms with E-state index in [0.717, 1.165) is 11.1 Å². The first-order chi connectivity index (χ1) is 12.5. The summed E-state index contributed by atoms with van der Waals surface area (Å²) in [5, 5.41) is 0.468. The SMILES string of the molecule is C=CCSC1=NC(=Cc2ccc(C)cc2)C(=O)N1c1ccc(F)c(Cl)c1. The smallest absolute Gasteiger partial charge is 0.266 e. The van der Waals surface area contributed by atoms with Crippen LogP contribution in [0.2, 0.25) is 5.02 Å². The number of hydrogen-bond acceptors (Lipinski definition) is 3. The maximum absolute atomic E-state index is 13.5. The number of amidine groups is 1. The van der Waals surface area contributed by atoms with Crippen LogP contribution in [-0.2, 0) is 4.79 Å². The summed E-state index contributed by atoms with van der Waals surface area (Å²) >= 11 is 7.26. The zero-order valence-corrected chi connectivity index (χ0v) is 15.6. The fourth-order valence-corrected chi connectivity index (χ4v) is 3.32. The fraction of sp³-hybridized carbons (Fsp3) is 0.100. The molecule has 2 aromatic rings. The van der Waals surface area contributed by atoms with Gasteiger partial charge in [0.1, 0.15) is 11.5 Å². The summed E-state index contributed by atoms with van der Waals surface area (Å²) in [5.41, 5.74) is 2.82. The molecule has 0 saturated carbocycles. The second kappa shape index (κ2) is 7.89. The first kappa shape index (κ1) is 18.4. The number of hydrogen-bond donors (Lipinski definition) is 0. The summed E-state index contributed by atoms with van der Waals surface area (Å²) in [4.78, 5) is 18.8. The molecular weight excluding hydrogens is 371 g/mol. The number of aryl methyl sites for hydroxylation is 1. The highest BCUT2D eigenvalue weighted by Crippen LogP contribution is 2.31. The third-order valence-electron chi connectivity index (χ3n) is 3.70. The van der Waals surface area contributed by atoms with Crippen LogP contribution in [0.3, 0.4) is 0 Å². The van der Waals surface area contributed by atoms with Crippen molar-refractivity contribution in [3.05, 3.63) is 82.8 Å². The van der Waals surface area contributed by atoms with Gasteiger partial charge in [-0.05, 0) is 36.8 Å². The summed E-state index contributed by atoms with van der Waals surface area (Å²) in [6, 6.07) is 12.0. The van der Waals surface area contributed by atoms with Crippen LogP contribution in [-0.4, -0.2) is 16.8 Å². The van der Waals surface area contributed by atoms with Gasteiger partial charge in [0.05, 0.1) is 10.7 Å². The molecule has 0 saturated heterocycles. The lowest BCUT2D eigenvalue weighted by Gasteiger charge is -2.17. The maximum atomic E-state index is 13.5. The van der Waals surface area contributed by atoms with Gasteiger partial charge in [-0.2, -0.15) is 0 Å². The van der Waals surface area contributed by atoms with Crippen molar-refractivity contribution >= 4 is 46.2 Å². The molecular formula is C20H16ClFN2OS. The van der Waals surface area contributed by atoms with E-state index < -0.39 is 5.82 Å². The standard InChI is InChI=1S/C20H16ClFN2OS/c1-3-10-26-20-23-18(11-14-6-4-13(2)5-7-14)19(25)24(20)15-8-9-17(22)16(21)12-15/h3-9,11-12H,1,10H2,2H3. The lowest BCUT2D eigenvalue weighted by atomic mass is 10.1. The molecule has 0 radical (unpaired) electrons. The third-order valence-corrected chi connectivity index (χ3v) is 4.93. The average molecular weight is 387 g/mol. The first-order valence-corrected chi connectivity index (χ1v) is 9.26. The molecule has 0 N–H and O–H groups in total. The fourth-order valence-electron chi connectivity index (χ4n) is 2.40. The van der Waals surface area contributed by atoms with Crippen LogP contribution in [0.25, 0.3) is 6.08 Å². The molecule has 0 unspecified atom stereocenters. The lowest BCUT2D eigenvalue weighted by Crippen LogP contribution is -2.30. The predicted octanol–water partition coefficient (Wildman–Crippen LogP) is 5.45. The van der Waals surface area contributed by atoms with Crippen molar-refractivity contribution in [1.82, 2.24) is 0 Å². The topological polar surface area (TPSA) is 32.7 Å². The molecule has 3 rings (SSSR count). The van der Waals surface area contributed by atoms with Crippen LogP contribution >= 0.6 is 23.4 Å². The zero-order chi connectivity index (χ0) is 18.7. The minimum absolute atomic E-state index is 0.0423. The van der Waals surface area contributed by atoms with Crippen LogP contribution in [0.4, 0.5) is 10.1 Å². The van der Waals surface area contributed by atoms with Gasteiger partial charge in [-0.25, -0.2) is 9.38 Å². The van der Waals surface area contributed by atoms with Gasteiger partial charge in [-0.3, -0.25) is 9.69 Å². The van der Waals surface area contributed by atoms with E-state index in [1.807, 2.05) is 31.2 Å². The number of benzene rings is 2. The Kier molecular flexibility index (Phi) is 5.59. The number of nitrogens with zero attached hydrogens (tertiary/aromatic N) is 2. The van der Waals surface area contributed by atoms with Crippen molar-refractivity contribution in [1.29, 1.82) is 0 Å². The number of anilines is 1. The third kappa shape index (κ3) is 3.89. The second-order valence-electron chi connectivity index (χ2n) is 5.67. The zero-order valence-electron chi connectivity index (χ0n) is 14.1. The van der Waals surface area contributed by atoms with E-state index in [9.17, 15) is 9.18 Å². The predicted molar refractivity (Wildman–Crippen MR) is 108 cm³/mol. The minimum atomic E-state index is -0.533. The molecule has 1 aliphatic rings. The van der Waals surface area contributed by atoms with E-state index >= 15 is 0 Å². The van der Waals surface area contributed by atoms with Crippen LogP contribution in [0.1, 0.15) is 11.1 Å². The van der Waals surface area contributed by atoms with E-state index in [1.54, 1.807) is 12.2 Å².